The van der Waals surface area contributed by atoms with Gasteiger partial charge in [-0.2, -0.15) is 4.98 Å². The Hall–Kier alpha value is -0.940. The first-order chi connectivity index (χ1) is 9.36. The molecular weight excluding hydrogens is 242 g/mol. The zero-order valence-electron chi connectivity index (χ0n) is 11.6. The molecule has 1 saturated heterocycles. The number of piperidine rings is 1. The maximum Gasteiger partial charge on any atom is 0.226 e. The molecule has 19 heavy (non-hydrogen) atoms. The maximum atomic E-state index is 5.47. The van der Waals surface area contributed by atoms with Crippen LogP contribution in [0.4, 0.5) is 0 Å². The van der Waals surface area contributed by atoms with Crippen molar-refractivity contribution in [3.8, 4) is 0 Å². The first-order valence-corrected chi connectivity index (χ1v) is 7.45. The van der Waals surface area contributed by atoms with Crippen molar-refractivity contribution in [2.75, 3.05) is 13.7 Å². The third-order valence-corrected chi connectivity index (χ3v) is 4.16. The summed E-state index contributed by atoms with van der Waals surface area (Å²) in [6.07, 6.45) is 8.32. The molecule has 2 unspecified atom stereocenters. The van der Waals surface area contributed by atoms with Crippen molar-refractivity contribution in [2.45, 2.75) is 57.1 Å². The molecule has 2 atom stereocenters. The van der Waals surface area contributed by atoms with Gasteiger partial charge in [0.2, 0.25) is 11.7 Å². The van der Waals surface area contributed by atoms with E-state index in [-0.39, 0.29) is 6.10 Å². The SMILES string of the molecule is COC(c1noc(CCC2CCCCN2)n1)C1CC1. The van der Waals surface area contributed by atoms with Gasteiger partial charge in [-0.15, -0.1) is 0 Å². The summed E-state index contributed by atoms with van der Waals surface area (Å²) in [7, 11) is 1.73. The number of rotatable bonds is 6. The molecule has 0 amide bonds. The van der Waals surface area contributed by atoms with E-state index in [9.17, 15) is 0 Å². The van der Waals surface area contributed by atoms with Crippen LogP contribution in [0.2, 0.25) is 0 Å². The predicted molar refractivity (Wildman–Crippen MR) is 70.7 cm³/mol. The Kier molecular flexibility index (Phi) is 4.13. The summed E-state index contributed by atoms with van der Waals surface area (Å²) in [6.45, 7) is 1.15. The van der Waals surface area contributed by atoms with Crippen LogP contribution in [-0.4, -0.2) is 29.8 Å². The second-order valence-corrected chi connectivity index (χ2v) is 5.73. The predicted octanol–water partition coefficient (Wildman–Crippen LogP) is 2.24. The summed E-state index contributed by atoms with van der Waals surface area (Å²) in [5, 5.41) is 7.62. The van der Waals surface area contributed by atoms with Gasteiger partial charge in [-0.05, 0) is 44.6 Å². The largest absolute Gasteiger partial charge is 0.373 e. The summed E-state index contributed by atoms with van der Waals surface area (Å²) in [6, 6.07) is 0.616. The van der Waals surface area contributed by atoms with E-state index in [0.29, 0.717) is 12.0 Å². The zero-order valence-corrected chi connectivity index (χ0v) is 11.6. The van der Waals surface area contributed by atoms with Crippen LogP contribution in [0, 0.1) is 5.92 Å². The smallest absolute Gasteiger partial charge is 0.226 e. The van der Waals surface area contributed by atoms with E-state index in [4.69, 9.17) is 9.26 Å². The van der Waals surface area contributed by atoms with Crippen LogP contribution in [-0.2, 0) is 11.2 Å². The second kappa shape index (κ2) is 6.01. The van der Waals surface area contributed by atoms with Crippen LogP contribution in [0.15, 0.2) is 4.52 Å². The molecule has 106 valence electrons. The summed E-state index contributed by atoms with van der Waals surface area (Å²) in [5.41, 5.74) is 0. The van der Waals surface area contributed by atoms with Crippen LogP contribution in [0.25, 0.3) is 0 Å². The molecule has 0 spiro atoms. The highest BCUT2D eigenvalue weighted by atomic mass is 16.5. The van der Waals surface area contributed by atoms with Gasteiger partial charge in [0, 0.05) is 19.6 Å². The Morgan fingerprint density at radius 3 is 2.95 bits per heavy atom. The van der Waals surface area contributed by atoms with Crippen LogP contribution in [0.5, 0.6) is 0 Å². The van der Waals surface area contributed by atoms with Gasteiger partial charge >= 0.3 is 0 Å². The number of methoxy groups -OCH3 is 1. The minimum atomic E-state index is 0.0327. The van der Waals surface area contributed by atoms with E-state index in [1.807, 2.05) is 0 Å². The standard InChI is InChI=1S/C14H23N3O2/c1-18-13(10-5-6-10)14-16-12(19-17-14)8-7-11-4-2-3-9-15-11/h10-11,13,15H,2-9H2,1H3. The molecule has 5 heteroatoms. The number of nitrogens with one attached hydrogen (secondary N) is 1. The second-order valence-electron chi connectivity index (χ2n) is 5.73. The lowest BCUT2D eigenvalue weighted by Gasteiger charge is -2.22. The molecule has 1 aromatic heterocycles. The number of aromatic nitrogens is 2. The lowest BCUT2D eigenvalue weighted by molar-refractivity contribution is 0.0751. The van der Waals surface area contributed by atoms with E-state index < -0.39 is 0 Å². The molecule has 1 aromatic rings. The molecular formula is C14H23N3O2. The Morgan fingerprint density at radius 2 is 2.26 bits per heavy atom. The van der Waals surface area contributed by atoms with Crippen molar-refractivity contribution in [1.82, 2.24) is 15.5 Å². The number of ether oxygens (including phenoxy) is 1. The van der Waals surface area contributed by atoms with E-state index in [1.165, 1.54) is 32.1 Å². The van der Waals surface area contributed by atoms with Gasteiger partial charge in [0.05, 0.1) is 0 Å². The molecule has 5 nitrogen and oxygen atoms in total. The quantitative estimate of drug-likeness (QED) is 0.854. The van der Waals surface area contributed by atoms with Crippen LogP contribution in [0.1, 0.15) is 56.3 Å². The molecule has 3 rings (SSSR count). The fourth-order valence-corrected chi connectivity index (χ4v) is 2.86. The highest BCUT2D eigenvalue weighted by molar-refractivity contribution is 4.98. The fraction of sp³-hybridized carbons (Fsp3) is 0.857. The molecule has 1 saturated carbocycles. The topological polar surface area (TPSA) is 60.2 Å². The van der Waals surface area contributed by atoms with Crippen molar-refractivity contribution in [1.29, 1.82) is 0 Å². The Morgan fingerprint density at radius 1 is 1.37 bits per heavy atom. The maximum absolute atomic E-state index is 5.47. The number of hydrogen-bond donors (Lipinski definition) is 1. The summed E-state index contributed by atoms with van der Waals surface area (Å²) in [5.74, 6) is 2.08. The average Bonchev–Trinajstić information content (AvgIpc) is 3.17. The van der Waals surface area contributed by atoms with Crippen molar-refractivity contribution < 1.29 is 9.26 Å². The van der Waals surface area contributed by atoms with Gasteiger partial charge in [0.1, 0.15) is 6.10 Å². The van der Waals surface area contributed by atoms with Crippen LogP contribution < -0.4 is 5.32 Å². The van der Waals surface area contributed by atoms with E-state index >= 15 is 0 Å². The first kappa shape index (κ1) is 13.1. The molecule has 0 radical (unpaired) electrons. The van der Waals surface area contributed by atoms with Gasteiger partial charge in [-0.3, -0.25) is 0 Å². The molecule has 1 aliphatic heterocycles. The fourth-order valence-electron chi connectivity index (χ4n) is 2.86. The van der Waals surface area contributed by atoms with Crippen molar-refractivity contribution in [3.05, 3.63) is 11.7 Å². The third kappa shape index (κ3) is 3.34. The lowest BCUT2D eigenvalue weighted by atomic mass is 10.0. The Balaban J connectivity index is 1.52. The molecule has 0 bridgehead atoms. The number of aryl methyl sites for hydroxylation is 1. The van der Waals surface area contributed by atoms with Crippen LogP contribution >= 0.6 is 0 Å². The van der Waals surface area contributed by atoms with E-state index in [2.05, 4.69) is 15.5 Å². The van der Waals surface area contributed by atoms with Gasteiger partial charge in [0.15, 0.2) is 0 Å². The highest BCUT2D eigenvalue weighted by Gasteiger charge is 2.35. The minimum Gasteiger partial charge on any atom is -0.373 e. The van der Waals surface area contributed by atoms with Crippen LogP contribution in [0.3, 0.4) is 0 Å². The van der Waals surface area contributed by atoms with Gasteiger partial charge in [-0.1, -0.05) is 11.6 Å². The first-order valence-electron chi connectivity index (χ1n) is 7.45. The van der Waals surface area contributed by atoms with Gasteiger partial charge in [0.25, 0.3) is 0 Å². The van der Waals surface area contributed by atoms with Crippen molar-refractivity contribution in [3.63, 3.8) is 0 Å². The third-order valence-electron chi connectivity index (χ3n) is 4.16. The summed E-state index contributed by atoms with van der Waals surface area (Å²) >= 11 is 0. The zero-order chi connectivity index (χ0) is 13.1. The molecule has 2 fully saturated rings. The summed E-state index contributed by atoms with van der Waals surface area (Å²) < 4.78 is 10.8. The molecule has 2 heterocycles. The molecule has 1 aliphatic carbocycles. The molecule has 1 N–H and O–H groups in total. The molecule has 0 aromatic carbocycles. The lowest BCUT2D eigenvalue weighted by Crippen LogP contribution is -2.34. The highest BCUT2D eigenvalue weighted by Crippen LogP contribution is 2.41. The van der Waals surface area contributed by atoms with E-state index in [1.54, 1.807) is 7.11 Å². The Bertz CT molecular complexity index is 397. The average molecular weight is 265 g/mol. The van der Waals surface area contributed by atoms with Gasteiger partial charge < -0.3 is 14.6 Å². The normalized spacial score (nSPS) is 25.4. The van der Waals surface area contributed by atoms with Crippen molar-refractivity contribution >= 4 is 0 Å². The minimum absolute atomic E-state index is 0.0327. The number of nitrogens with zero attached hydrogens (tertiary/aromatic N) is 2. The Labute approximate surface area is 114 Å². The monoisotopic (exact) mass is 265 g/mol. The van der Waals surface area contributed by atoms with Crippen molar-refractivity contribution in [2.24, 2.45) is 5.92 Å². The summed E-state index contributed by atoms with van der Waals surface area (Å²) in [4.78, 5) is 4.50. The molecule has 2 aliphatic rings. The number of hydrogen-bond acceptors (Lipinski definition) is 5. The van der Waals surface area contributed by atoms with Gasteiger partial charge in [-0.25, -0.2) is 0 Å². The van der Waals surface area contributed by atoms with E-state index in [0.717, 1.165) is 31.1 Å².